The lowest BCUT2D eigenvalue weighted by Gasteiger charge is -1.93. The van der Waals surface area contributed by atoms with Crippen LogP contribution in [-0.4, -0.2) is 31.9 Å². The van der Waals surface area contributed by atoms with E-state index in [1.807, 2.05) is 0 Å². The normalized spacial score (nSPS) is 13.6. The SMILES string of the molecule is C/N=C(C=N)\C(N)=N/C. The van der Waals surface area contributed by atoms with Crippen LogP contribution in [-0.2, 0) is 0 Å². The minimum Gasteiger partial charge on any atom is -0.382 e. The second kappa shape index (κ2) is 3.77. The van der Waals surface area contributed by atoms with Gasteiger partial charge in [-0.05, 0) is 0 Å². The Morgan fingerprint density at radius 1 is 1.44 bits per heavy atom. The molecule has 0 aliphatic carbocycles. The van der Waals surface area contributed by atoms with Crippen molar-refractivity contribution >= 4 is 17.8 Å². The molecule has 0 spiro atoms. The summed E-state index contributed by atoms with van der Waals surface area (Å²) in [6.07, 6.45) is 1.07. The predicted molar refractivity (Wildman–Crippen MR) is 39.7 cm³/mol. The third-order valence-corrected chi connectivity index (χ3v) is 0.881. The summed E-state index contributed by atoms with van der Waals surface area (Å²) in [6.45, 7) is 0. The molecule has 3 N–H and O–H groups in total. The van der Waals surface area contributed by atoms with Crippen LogP contribution in [0.2, 0.25) is 0 Å². The monoisotopic (exact) mass is 126 g/mol. The van der Waals surface area contributed by atoms with Crippen molar-refractivity contribution < 1.29 is 0 Å². The summed E-state index contributed by atoms with van der Waals surface area (Å²) in [6, 6.07) is 0. The van der Waals surface area contributed by atoms with E-state index in [0.29, 0.717) is 11.5 Å². The Hall–Kier alpha value is -1.19. The van der Waals surface area contributed by atoms with E-state index in [2.05, 4.69) is 9.98 Å². The first kappa shape index (κ1) is 7.81. The van der Waals surface area contributed by atoms with E-state index in [1.54, 1.807) is 14.1 Å². The molecule has 4 heteroatoms. The summed E-state index contributed by atoms with van der Waals surface area (Å²) < 4.78 is 0. The van der Waals surface area contributed by atoms with Crippen LogP contribution < -0.4 is 5.73 Å². The molecule has 0 saturated heterocycles. The summed E-state index contributed by atoms with van der Waals surface area (Å²) in [5.41, 5.74) is 5.72. The fraction of sp³-hybridized carbons (Fsp3) is 0.400. The van der Waals surface area contributed by atoms with Crippen molar-refractivity contribution in [2.45, 2.75) is 0 Å². The molecule has 0 unspecified atom stereocenters. The van der Waals surface area contributed by atoms with Gasteiger partial charge in [0.2, 0.25) is 0 Å². The number of nitrogens with one attached hydrogen (secondary N) is 1. The van der Waals surface area contributed by atoms with E-state index in [1.165, 1.54) is 0 Å². The van der Waals surface area contributed by atoms with Gasteiger partial charge in [-0.25, -0.2) is 0 Å². The average molecular weight is 126 g/mol. The van der Waals surface area contributed by atoms with Gasteiger partial charge in [-0.1, -0.05) is 0 Å². The Labute approximate surface area is 54.0 Å². The molecule has 0 aliphatic heterocycles. The molecular formula is C5H10N4. The Balaban J connectivity index is 4.32. The van der Waals surface area contributed by atoms with E-state index in [9.17, 15) is 0 Å². The van der Waals surface area contributed by atoms with Crippen LogP contribution in [0.15, 0.2) is 9.98 Å². The Kier molecular flexibility index (Phi) is 3.27. The van der Waals surface area contributed by atoms with Crippen LogP contribution >= 0.6 is 0 Å². The Bertz CT molecular complexity index is 156. The van der Waals surface area contributed by atoms with Gasteiger partial charge in [0.15, 0.2) is 0 Å². The van der Waals surface area contributed by atoms with Crippen LogP contribution in [0.25, 0.3) is 0 Å². The van der Waals surface area contributed by atoms with Gasteiger partial charge in [0.1, 0.15) is 11.5 Å². The number of nitrogens with zero attached hydrogens (tertiary/aromatic N) is 2. The maximum Gasteiger partial charge on any atom is 0.145 e. The van der Waals surface area contributed by atoms with Gasteiger partial charge in [-0.3, -0.25) is 9.98 Å². The summed E-state index contributed by atoms with van der Waals surface area (Å²) in [5.74, 6) is 0.299. The standard InChI is InChI=1S/C5H10N4/c1-8-4(3-6)5(7)9-2/h3,6H,1-2H3,(H2,7,9)/b6-3?,8-4-. The quantitative estimate of drug-likeness (QED) is 0.386. The molecule has 50 valence electrons. The van der Waals surface area contributed by atoms with Gasteiger partial charge in [0, 0.05) is 20.3 Å². The van der Waals surface area contributed by atoms with E-state index >= 15 is 0 Å². The van der Waals surface area contributed by atoms with Crippen LogP contribution in [0.3, 0.4) is 0 Å². The molecule has 4 nitrogen and oxygen atoms in total. The maximum atomic E-state index is 6.78. The number of nitrogens with two attached hydrogens (primary N) is 1. The van der Waals surface area contributed by atoms with Crippen LogP contribution in [0.4, 0.5) is 0 Å². The molecule has 0 amide bonds. The van der Waals surface area contributed by atoms with Gasteiger partial charge >= 0.3 is 0 Å². The Morgan fingerprint density at radius 3 is 2.11 bits per heavy atom. The smallest absolute Gasteiger partial charge is 0.145 e. The van der Waals surface area contributed by atoms with E-state index < -0.39 is 0 Å². The van der Waals surface area contributed by atoms with E-state index in [4.69, 9.17) is 11.1 Å². The summed E-state index contributed by atoms with van der Waals surface area (Å²) >= 11 is 0. The lowest BCUT2D eigenvalue weighted by atomic mass is 10.4. The number of aliphatic imine (C=N–C) groups is 2. The first-order valence-corrected chi connectivity index (χ1v) is 2.46. The highest BCUT2D eigenvalue weighted by molar-refractivity contribution is 6.61. The van der Waals surface area contributed by atoms with Crippen LogP contribution in [0.5, 0.6) is 0 Å². The minimum absolute atomic E-state index is 0.299. The first-order chi connectivity index (χ1) is 4.26. The number of hydrogen-bond acceptors (Lipinski definition) is 3. The van der Waals surface area contributed by atoms with Crippen LogP contribution in [0, 0.1) is 5.41 Å². The first-order valence-electron chi connectivity index (χ1n) is 2.46. The predicted octanol–water partition coefficient (Wildman–Crippen LogP) is -0.306. The molecular weight excluding hydrogens is 116 g/mol. The molecule has 0 radical (unpaired) electrons. The van der Waals surface area contributed by atoms with Gasteiger partial charge in [0.25, 0.3) is 0 Å². The largest absolute Gasteiger partial charge is 0.382 e. The molecule has 9 heavy (non-hydrogen) atoms. The molecule has 0 aromatic rings. The van der Waals surface area contributed by atoms with Crippen LogP contribution in [0.1, 0.15) is 0 Å². The third-order valence-electron chi connectivity index (χ3n) is 0.881. The highest BCUT2D eigenvalue weighted by atomic mass is 14.9. The fourth-order valence-electron chi connectivity index (χ4n) is 0.368. The third kappa shape index (κ3) is 2.03. The highest BCUT2D eigenvalue weighted by Crippen LogP contribution is 1.71. The van der Waals surface area contributed by atoms with Gasteiger partial charge < -0.3 is 11.1 Å². The molecule has 0 heterocycles. The average Bonchev–Trinajstić information content (AvgIpc) is 1.90. The molecule has 0 fully saturated rings. The second-order valence-electron chi connectivity index (χ2n) is 1.36. The zero-order valence-corrected chi connectivity index (χ0v) is 5.55. The zero-order chi connectivity index (χ0) is 7.28. The topological polar surface area (TPSA) is 74.6 Å². The van der Waals surface area contributed by atoms with Crippen molar-refractivity contribution in [3.63, 3.8) is 0 Å². The zero-order valence-electron chi connectivity index (χ0n) is 5.55. The van der Waals surface area contributed by atoms with Gasteiger partial charge in [-0.15, -0.1) is 0 Å². The van der Waals surface area contributed by atoms with Gasteiger partial charge in [0.05, 0.1) is 0 Å². The van der Waals surface area contributed by atoms with E-state index in [-0.39, 0.29) is 0 Å². The van der Waals surface area contributed by atoms with Crippen molar-refractivity contribution in [1.29, 1.82) is 5.41 Å². The van der Waals surface area contributed by atoms with Crippen molar-refractivity contribution in [3.05, 3.63) is 0 Å². The van der Waals surface area contributed by atoms with E-state index in [0.717, 1.165) is 6.21 Å². The molecule has 0 bridgehead atoms. The lowest BCUT2D eigenvalue weighted by molar-refractivity contribution is 1.40. The molecule has 0 rings (SSSR count). The second-order valence-corrected chi connectivity index (χ2v) is 1.36. The van der Waals surface area contributed by atoms with Gasteiger partial charge in [-0.2, -0.15) is 0 Å². The molecule has 0 atom stereocenters. The maximum absolute atomic E-state index is 6.78. The highest BCUT2D eigenvalue weighted by Gasteiger charge is 1.95. The van der Waals surface area contributed by atoms with Crippen molar-refractivity contribution in [2.24, 2.45) is 15.7 Å². The number of rotatable bonds is 2. The number of hydrogen-bond donors (Lipinski definition) is 2. The molecule has 0 aromatic carbocycles. The summed E-state index contributed by atoms with van der Waals surface area (Å²) in [5, 5.41) is 6.78. The number of amidine groups is 1. The summed E-state index contributed by atoms with van der Waals surface area (Å²) in [7, 11) is 3.13. The molecule has 0 aromatic heterocycles. The Morgan fingerprint density at radius 2 is 2.00 bits per heavy atom. The fourth-order valence-corrected chi connectivity index (χ4v) is 0.368. The van der Waals surface area contributed by atoms with Crippen molar-refractivity contribution in [1.82, 2.24) is 0 Å². The van der Waals surface area contributed by atoms with Crippen molar-refractivity contribution in [2.75, 3.05) is 14.1 Å². The van der Waals surface area contributed by atoms with Crippen molar-refractivity contribution in [3.8, 4) is 0 Å². The lowest BCUT2D eigenvalue weighted by Crippen LogP contribution is -2.24. The minimum atomic E-state index is 0.299. The molecule has 0 aliphatic rings. The molecule has 0 saturated carbocycles. The summed E-state index contributed by atoms with van der Waals surface area (Å²) in [4.78, 5) is 7.34.